The van der Waals surface area contributed by atoms with Crippen LogP contribution in [0.3, 0.4) is 0 Å². The van der Waals surface area contributed by atoms with Crippen LogP contribution in [0.25, 0.3) is 0 Å². The van der Waals surface area contributed by atoms with Crippen LogP contribution in [0.5, 0.6) is 0 Å². The lowest BCUT2D eigenvalue weighted by Gasteiger charge is -2.33. The molecule has 0 bridgehead atoms. The third-order valence-electron chi connectivity index (χ3n) is 5.11. The van der Waals surface area contributed by atoms with E-state index in [4.69, 9.17) is 11.6 Å². The maximum absolute atomic E-state index is 12.5. The number of carbonyl (C=O) groups excluding carboxylic acids is 2. The molecule has 1 saturated heterocycles. The van der Waals surface area contributed by atoms with Gasteiger partial charge in [-0.05, 0) is 50.0 Å². The van der Waals surface area contributed by atoms with E-state index < -0.39 is 0 Å². The first-order valence-corrected chi connectivity index (χ1v) is 11.7. The van der Waals surface area contributed by atoms with E-state index in [-0.39, 0.29) is 23.1 Å². The molecule has 1 aliphatic heterocycles. The normalized spacial score (nSPS) is 15.6. The Balaban J connectivity index is 1.67. The van der Waals surface area contributed by atoms with Crippen molar-refractivity contribution in [2.45, 2.75) is 32.4 Å². The van der Waals surface area contributed by atoms with Gasteiger partial charge in [0.05, 0.1) is 5.75 Å². The Kier molecular flexibility index (Phi) is 9.31. The number of likely N-dealkylation sites (tertiary alicyclic amines) is 1. The van der Waals surface area contributed by atoms with Crippen molar-refractivity contribution in [3.63, 3.8) is 0 Å². The number of piperidine rings is 1. The molecule has 7 heteroatoms. The third-order valence-corrected chi connectivity index (χ3v) is 6.35. The molecular formula is C22H34ClN3O2S. The summed E-state index contributed by atoms with van der Waals surface area (Å²) in [6.07, 6.45) is 1.49. The van der Waals surface area contributed by atoms with Gasteiger partial charge in [0.15, 0.2) is 0 Å². The van der Waals surface area contributed by atoms with Gasteiger partial charge >= 0.3 is 0 Å². The highest BCUT2D eigenvalue weighted by Crippen LogP contribution is 2.21. The fourth-order valence-corrected chi connectivity index (χ4v) is 4.72. The molecule has 1 aromatic rings. The van der Waals surface area contributed by atoms with Crippen LogP contribution >= 0.6 is 23.4 Å². The standard InChI is InChI=1S/C22H34ClN3O2S/c1-22(2,16-25(3)4)15-24-21(28)18-9-11-26(12-10-18)20(27)14-29-13-17-5-7-19(23)8-6-17/h5-8,18H,9-16H2,1-4H3,(H,24,28). The predicted octanol–water partition coefficient (Wildman–Crippen LogP) is 3.52. The molecule has 0 aromatic heterocycles. The number of rotatable bonds is 9. The second-order valence-corrected chi connectivity index (χ2v) is 10.3. The average Bonchev–Trinajstić information content (AvgIpc) is 2.67. The average molecular weight is 440 g/mol. The summed E-state index contributed by atoms with van der Waals surface area (Å²) in [5, 5.41) is 3.84. The lowest BCUT2D eigenvalue weighted by Crippen LogP contribution is -2.46. The van der Waals surface area contributed by atoms with E-state index in [1.54, 1.807) is 11.8 Å². The first-order chi connectivity index (χ1) is 13.7. The number of halogens is 1. The minimum Gasteiger partial charge on any atom is -0.355 e. The lowest BCUT2D eigenvalue weighted by molar-refractivity contribution is -0.133. The van der Waals surface area contributed by atoms with Crippen LogP contribution in [0.4, 0.5) is 0 Å². The molecule has 0 atom stereocenters. The number of hydrogen-bond donors (Lipinski definition) is 1. The first-order valence-electron chi connectivity index (χ1n) is 10.2. The van der Waals surface area contributed by atoms with Crippen molar-refractivity contribution in [3.8, 4) is 0 Å². The monoisotopic (exact) mass is 439 g/mol. The van der Waals surface area contributed by atoms with Gasteiger partial charge in [0.1, 0.15) is 0 Å². The zero-order valence-corrected chi connectivity index (χ0v) is 19.6. The van der Waals surface area contributed by atoms with Gasteiger partial charge in [-0.1, -0.05) is 37.6 Å². The number of carbonyl (C=O) groups is 2. The summed E-state index contributed by atoms with van der Waals surface area (Å²) in [6.45, 7) is 7.25. The number of hydrogen-bond acceptors (Lipinski definition) is 4. The van der Waals surface area contributed by atoms with Crippen LogP contribution in [-0.4, -0.2) is 67.6 Å². The number of thioether (sulfide) groups is 1. The molecular weight excluding hydrogens is 406 g/mol. The fourth-order valence-electron chi connectivity index (χ4n) is 3.70. The number of benzene rings is 1. The number of amides is 2. The third kappa shape index (κ3) is 8.57. The van der Waals surface area contributed by atoms with Crippen molar-refractivity contribution in [1.29, 1.82) is 0 Å². The van der Waals surface area contributed by atoms with Crippen LogP contribution in [0.15, 0.2) is 24.3 Å². The van der Waals surface area contributed by atoms with E-state index >= 15 is 0 Å². The molecule has 1 fully saturated rings. The second-order valence-electron chi connectivity index (χ2n) is 8.89. The quantitative estimate of drug-likeness (QED) is 0.639. The summed E-state index contributed by atoms with van der Waals surface area (Å²) in [6, 6.07) is 7.72. The van der Waals surface area contributed by atoms with Crippen molar-refractivity contribution in [1.82, 2.24) is 15.1 Å². The molecule has 0 unspecified atom stereocenters. The van der Waals surface area contributed by atoms with Gasteiger partial charge in [-0.2, -0.15) is 0 Å². The van der Waals surface area contributed by atoms with Crippen LogP contribution in [-0.2, 0) is 15.3 Å². The summed E-state index contributed by atoms with van der Waals surface area (Å²) in [4.78, 5) is 29.0. The molecule has 0 radical (unpaired) electrons. The highest BCUT2D eigenvalue weighted by molar-refractivity contribution is 7.99. The van der Waals surface area contributed by atoms with Gasteiger partial charge in [0.25, 0.3) is 0 Å². The van der Waals surface area contributed by atoms with Gasteiger partial charge in [-0.15, -0.1) is 11.8 Å². The molecule has 1 aliphatic rings. The highest BCUT2D eigenvalue weighted by atomic mass is 35.5. The Morgan fingerprint density at radius 1 is 1.21 bits per heavy atom. The van der Waals surface area contributed by atoms with Crippen molar-refractivity contribution >= 4 is 35.2 Å². The van der Waals surface area contributed by atoms with Crippen molar-refractivity contribution in [2.24, 2.45) is 11.3 Å². The van der Waals surface area contributed by atoms with Crippen molar-refractivity contribution in [2.75, 3.05) is 46.0 Å². The molecule has 1 N–H and O–H groups in total. The largest absolute Gasteiger partial charge is 0.355 e. The van der Waals surface area contributed by atoms with Crippen LogP contribution in [0.2, 0.25) is 5.02 Å². The molecule has 29 heavy (non-hydrogen) atoms. The predicted molar refractivity (Wildman–Crippen MR) is 122 cm³/mol. The van der Waals surface area contributed by atoms with Gasteiger partial charge < -0.3 is 15.1 Å². The topological polar surface area (TPSA) is 52.7 Å². The number of nitrogens with zero attached hydrogens (tertiary/aromatic N) is 2. The second kappa shape index (κ2) is 11.2. The number of nitrogens with one attached hydrogen (secondary N) is 1. The first kappa shape index (κ1) is 24.0. The summed E-state index contributed by atoms with van der Waals surface area (Å²) in [5.41, 5.74) is 1.21. The fraction of sp³-hybridized carbons (Fsp3) is 0.636. The molecule has 162 valence electrons. The van der Waals surface area contributed by atoms with Gasteiger partial charge in [-0.3, -0.25) is 9.59 Å². The minimum atomic E-state index is 0.0101. The molecule has 0 saturated carbocycles. The molecule has 2 rings (SSSR count). The van der Waals surface area contributed by atoms with Gasteiger partial charge in [0, 0.05) is 42.9 Å². The van der Waals surface area contributed by atoms with Crippen molar-refractivity contribution < 1.29 is 9.59 Å². The maximum atomic E-state index is 12.5. The summed E-state index contributed by atoms with van der Waals surface area (Å²) in [5.74, 6) is 1.56. The van der Waals surface area contributed by atoms with E-state index in [1.807, 2.05) is 43.3 Å². The smallest absolute Gasteiger partial charge is 0.232 e. The van der Waals surface area contributed by atoms with Gasteiger partial charge in [0.2, 0.25) is 11.8 Å². The zero-order valence-electron chi connectivity index (χ0n) is 18.0. The molecule has 5 nitrogen and oxygen atoms in total. The Bertz CT molecular complexity index is 671. The Hall–Kier alpha value is -1.24. The molecule has 1 heterocycles. The molecule has 0 spiro atoms. The maximum Gasteiger partial charge on any atom is 0.232 e. The minimum absolute atomic E-state index is 0.0101. The summed E-state index contributed by atoms with van der Waals surface area (Å²) < 4.78 is 0. The summed E-state index contributed by atoms with van der Waals surface area (Å²) in [7, 11) is 4.09. The van der Waals surface area contributed by atoms with E-state index in [0.717, 1.165) is 30.2 Å². The van der Waals surface area contributed by atoms with E-state index in [0.29, 0.717) is 25.4 Å². The lowest BCUT2D eigenvalue weighted by atomic mass is 9.91. The van der Waals surface area contributed by atoms with Crippen molar-refractivity contribution in [3.05, 3.63) is 34.9 Å². The Labute approximate surface area is 184 Å². The molecule has 1 aromatic carbocycles. The Morgan fingerprint density at radius 3 is 2.41 bits per heavy atom. The van der Waals surface area contributed by atoms with Gasteiger partial charge in [-0.25, -0.2) is 0 Å². The SMILES string of the molecule is CN(C)CC(C)(C)CNC(=O)C1CCN(C(=O)CSCc2ccc(Cl)cc2)CC1. The Morgan fingerprint density at radius 2 is 1.83 bits per heavy atom. The van der Waals surface area contributed by atoms with E-state index in [9.17, 15) is 9.59 Å². The highest BCUT2D eigenvalue weighted by Gasteiger charge is 2.28. The van der Waals surface area contributed by atoms with Crippen LogP contribution < -0.4 is 5.32 Å². The van der Waals surface area contributed by atoms with E-state index in [2.05, 4.69) is 24.1 Å². The van der Waals surface area contributed by atoms with Crippen LogP contribution in [0, 0.1) is 11.3 Å². The molecule has 0 aliphatic carbocycles. The molecule has 2 amide bonds. The summed E-state index contributed by atoms with van der Waals surface area (Å²) >= 11 is 7.51. The zero-order chi connectivity index (χ0) is 21.4. The van der Waals surface area contributed by atoms with Crippen LogP contribution in [0.1, 0.15) is 32.3 Å². The van der Waals surface area contributed by atoms with E-state index in [1.165, 1.54) is 5.56 Å².